The number of ether oxygens (including phenoxy) is 1. The van der Waals surface area contributed by atoms with Crippen molar-refractivity contribution in [3.63, 3.8) is 0 Å². The van der Waals surface area contributed by atoms with Gasteiger partial charge >= 0.3 is 6.36 Å². The molecule has 0 spiro atoms. The monoisotopic (exact) mass is 290 g/mol. The molecule has 1 aliphatic rings. The molecule has 0 bridgehead atoms. The maximum Gasteiger partial charge on any atom is 0.522 e. The zero-order chi connectivity index (χ0) is 14.8. The zero-order valence-electron chi connectivity index (χ0n) is 11.3. The van der Waals surface area contributed by atoms with Gasteiger partial charge in [-0.2, -0.15) is 0 Å². The molecule has 1 nitrogen and oxygen atoms in total. The molecule has 1 aromatic carbocycles. The molecule has 1 aliphatic carbocycles. The highest BCUT2D eigenvalue weighted by Crippen LogP contribution is 2.38. The van der Waals surface area contributed by atoms with E-state index in [2.05, 4.69) is 4.74 Å². The van der Waals surface area contributed by atoms with Crippen LogP contribution in [0.25, 0.3) is 0 Å². The maximum atomic E-state index is 12.9. The molecule has 1 saturated carbocycles. The smallest absolute Gasteiger partial charge is 0.289 e. The second-order valence-electron chi connectivity index (χ2n) is 5.43. The summed E-state index contributed by atoms with van der Waals surface area (Å²) < 4.78 is 53.5. The van der Waals surface area contributed by atoms with E-state index in [0.29, 0.717) is 18.8 Å². The summed E-state index contributed by atoms with van der Waals surface area (Å²) >= 11 is 0. The molecular weight excluding hydrogens is 272 g/mol. The molecule has 0 aliphatic heterocycles. The average Bonchev–Trinajstić information content (AvgIpc) is 2.38. The molecular formula is C15H18F4O. The quantitative estimate of drug-likeness (QED) is 0.710. The number of rotatable bonds is 3. The van der Waals surface area contributed by atoms with Gasteiger partial charge in [0.2, 0.25) is 0 Å². The minimum atomic E-state index is -4.56. The van der Waals surface area contributed by atoms with Crippen molar-refractivity contribution in [2.45, 2.75) is 51.0 Å². The van der Waals surface area contributed by atoms with Gasteiger partial charge in [0.25, 0.3) is 0 Å². The summed E-state index contributed by atoms with van der Waals surface area (Å²) in [5.41, 5.74) is 1.06. The van der Waals surface area contributed by atoms with Gasteiger partial charge in [-0.25, -0.2) is 4.39 Å². The highest BCUT2D eigenvalue weighted by molar-refractivity contribution is 5.20. The molecule has 5 heteroatoms. The van der Waals surface area contributed by atoms with Crippen LogP contribution in [0.15, 0.2) is 24.3 Å². The first-order valence-corrected chi connectivity index (χ1v) is 6.85. The van der Waals surface area contributed by atoms with Crippen LogP contribution in [-0.2, 0) is 4.74 Å². The number of benzene rings is 1. The summed E-state index contributed by atoms with van der Waals surface area (Å²) in [7, 11) is 0. The summed E-state index contributed by atoms with van der Waals surface area (Å²) in [6, 6.07) is 6.37. The van der Waals surface area contributed by atoms with Gasteiger partial charge in [-0.1, -0.05) is 12.1 Å². The first-order chi connectivity index (χ1) is 9.35. The lowest BCUT2D eigenvalue weighted by Gasteiger charge is -2.32. The van der Waals surface area contributed by atoms with Gasteiger partial charge in [-0.3, -0.25) is 4.74 Å². The topological polar surface area (TPSA) is 9.23 Å². The van der Waals surface area contributed by atoms with Crippen molar-refractivity contribution in [3.05, 3.63) is 35.6 Å². The lowest BCUT2D eigenvalue weighted by Crippen LogP contribution is -2.30. The van der Waals surface area contributed by atoms with E-state index in [0.717, 1.165) is 18.4 Å². The summed E-state index contributed by atoms with van der Waals surface area (Å²) in [5.74, 6) is -0.0205. The molecule has 0 aromatic heterocycles. The number of hydrogen-bond acceptors (Lipinski definition) is 1. The third-order valence-electron chi connectivity index (χ3n) is 4.10. The SMILES string of the molecule is CC(OC(F)(F)F)C1CCC(c2ccc(F)cc2)CC1. The summed E-state index contributed by atoms with van der Waals surface area (Å²) in [4.78, 5) is 0. The van der Waals surface area contributed by atoms with Crippen molar-refractivity contribution < 1.29 is 22.3 Å². The maximum absolute atomic E-state index is 12.9. The van der Waals surface area contributed by atoms with E-state index in [1.54, 1.807) is 12.1 Å². The van der Waals surface area contributed by atoms with Crippen LogP contribution in [-0.4, -0.2) is 12.5 Å². The lowest BCUT2D eigenvalue weighted by atomic mass is 9.77. The van der Waals surface area contributed by atoms with E-state index in [1.165, 1.54) is 19.1 Å². The van der Waals surface area contributed by atoms with Crippen molar-refractivity contribution in [1.29, 1.82) is 0 Å². The van der Waals surface area contributed by atoms with Gasteiger partial charge in [0.15, 0.2) is 0 Å². The van der Waals surface area contributed by atoms with Crippen molar-refractivity contribution >= 4 is 0 Å². The highest BCUT2D eigenvalue weighted by atomic mass is 19.4. The standard InChI is InChI=1S/C15H18F4O/c1-10(20-15(17,18)19)11-2-4-12(5-3-11)13-6-8-14(16)9-7-13/h6-12H,2-5H2,1H3. The second kappa shape index (κ2) is 6.12. The van der Waals surface area contributed by atoms with Crippen LogP contribution in [0.2, 0.25) is 0 Å². The highest BCUT2D eigenvalue weighted by Gasteiger charge is 2.36. The van der Waals surface area contributed by atoms with Gasteiger partial charge in [0.05, 0.1) is 6.10 Å². The molecule has 1 aromatic rings. The Bertz CT molecular complexity index is 418. The Kier molecular flexibility index (Phi) is 4.68. The summed E-state index contributed by atoms with van der Waals surface area (Å²) in [5, 5.41) is 0. The van der Waals surface area contributed by atoms with Gasteiger partial charge in [-0.15, -0.1) is 13.2 Å². The molecule has 112 valence electrons. The number of alkyl halides is 3. The summed E-state index contributed by atoms with van der Waals surface area (Å²) in [6.07, 6.45) is -2.31. The third kappa shape index (κ3) is 4.20. The van der Waals surface area contributed by atoms with Crippen molar-refractivity contribution in [2.75, 3.05) is 0 Å². The molecule has 0 N–H and O–H groups in total. The molecule has 0 saturated heterocycles. The van der Waals surface area contributed by atoms with Crippen LogP contribution in [0.3, 0.4) is 0 Å². The Hall–Kier alpha value is -1.10. The van der Waals surface area contributed by atoms with Crippen LogP contribution in [0, 0.1) is 11.7 Å². The van der Waals surface area contributed by atoms with Crippen molar-refractivity contribution in [3.8, 4) is 0 Å². The van der Waals surface area contributed by atoms with Crippen LogP contribution < -0.4 is 0 Å². The van der Waals surface area contributed by atoms with Gasteiger partial charge in [0, 0.05) is 0 Å². The predicted octanol–water partition coefficient (Wildman–Crippen LogP) is 5.02. The Morgan fingerprint density at radius 1 is 1.05 bits per heavy atom. The summed E-state index contributed by atoms with van der Waals surface area (Å²) in [6.45, 7) is 1.48. The molecule has 1 atom stereocenters. The van der Waals surface area contributed by atoms with Crippen molar-refractivity contribution in [2.24, 2.45) is 5.92 Å². The Morgan fingerprint density at radius 3 is 2.10 bits per heavy atom. The second-order valence-corrected chi connectivity index (χ2v) is 5.43. The predicted molar refractivity (Wildman–Crippen MR) is 67.7 cm³/mol. The Labute approximate surface area is 115 Å². The van der Waals surface area contributed by atoms with Gasteiger partial charge < -0.3 is 0 Å². The zero-order valence-corrected chi connectivity index (χ0v) is 11.3. The van der Waals surface area contributed by atoms with E-state index in [1.807, 2.05) is 0 Å². The minimum Gasteiger partial charge on any atom is -0.289 e. The lowest BCUT2D eigenvalue weighted by molar-refractivity contribution is -0.346. The number of halogens is 4. The van der Waals surface area contributed by atoms with Crippen LogP contribution >= 0.6 is 0 Å². The molecule has 20 heavy (non-hydrogen) atoms. The van der Waals surface area contributed by atoms with E-state index < -0.39 is 12.5 Å². The normalized spacial score (nSPS) is 25.4. The number of hydrogen-bond donors (Lipinski definition) is 0. The average molecular weight is 290 g/mol. The van der Waals surface area contributed by atoms with Gasteiger partial charge in [-0.05, 0) is 62.1 Å². The third-order valence-corrected chi connectivity index (χ3v) is 4.10. The molecule has 0 amide bonds. The van der Waals surface area contributed by atoms with Crippen LogP contribution in [0.4, 0.5) is 17.6 Å². The van der Waals surface area contributed by atoms with Gasteiger partial charge in [0.1, 0.15) is 5.82 Å². The largest absolute Gasteiger partial charge is 0.522 e. The molecule has 1 fully saturated rings. The first-order valence-electron chi connectivity index (χ1n) is 6.85. The molecule has 0 radical (unpaired) electrons. The van der Waals surface area contributed by atoms with E-state index >= 15 is 0 Å². The fraction of sp³-hybridized carbons (Fsp3) is 0.600. The minimum absolute atomic E-state index is 0.0617. The molecule has 1 unspecified atom stereocenters. The Balaban J connectivity index is 1.87. The fourth-order valence-corrected chi connectivity index (χ4v) is 2.96. The van der Waals surface area contributed by atoms with Crippen LogP contribution in [0.5, 0.6) is 0 Å². The van der Waals surface area contributed by atoms with Crippen LogP contribution in [0.1, 0.15) is 44.1 Å². The Morgan fingerprint density at radius 2 is 1.60 bits per heavy atom. The first kappa shape index (κ1) is 15.3. The molecule has 0 heterocycles. The van der Waals surface area contributed by atoms with E-state index in [4.69, 9.17) is 0 Å². The van der Waals surface area contributed by atoms with E-state index in [9.17, 15) is 17.6 Å². The molecule has 2 rings (SSSR count). The van der Waals surface area contributed by atoms with E-state index in [-0.39, 0.29) is 11.7 Å². The fourth-order valence-electron chi connectivity index (χ4n) is 2.96. The van der Waals surface area contributed by atoms with Crippen molar-refractivity contribution in [1.82, 2.24) is 0 Å².